The molecule has 0 atom stereocenters. The minimum atomic E-state index is -0.321. The molecule has 5 nitrogen and oxygen atoms in total. The van der Waals surface area contributed by atoms with Gasteiger partial charge in [-0.15, -0.1) is 0 Å². The van der Waals surface area contributed by atoms with E-state index in [4.69, 9.17) is 21.7 Å². The first-order valence-corrected chi connectivity index (χ1v) is 9.73. The van der Waals surface area contributed by atoms with Crippen molar-refractivity contribution in [2.24, 2.45) is 0 Å². The van der Waals surface area contributed by atoms with E-state index in [1.54, 1.807) is 18.2 Å². The molecule has 0 heterocycles. The van der Waals surface area contributed by atoms with Gasteiger partial charge in [-0.25, -0.2) is 0 Å². The quantitative estimate of drug-likeness (QED) is 0.515. The van der Waals surface area contributed by atoms with Crippen molar-refractivity contribution in [2.45, 2.75) is 13.3 Å². The molecule has 0 aromatic heterocycles. The maximum atomic E-state index is 12.5. The molecule has 3 rings (SSSR count). The molecule has 3 aromatic carbocycles. The minimum Gasteiger partial charge on any atom is -0.493 e. The lowest BCUT2D eigenvalue weighted by atomic mass is 10.2. The number of anilines is 1. The van der Waals surface area contributed by atoms with Crippen LogP contribution in [0.1, 0.15) is 23.7 Å². The van der Waals surface area contributed by atoms with E-state index in [0.29, 0.717) is 23.7 Å². The highest BCUT2D eigenvalue weighted by Crippen LogP contribution is 2.23. The van der Waals surface area contributed by atoms with Crippen molar-refractivity contribution >= 4 is 28.9 Å². The minimum absolute atomic E-state index is 0.206. The number of para-hydroxylation sites is 2. The van der Waals surface area contributed by atoms with Gasteiger partial charge in [-0.1, -0.05) is 37.3 Å². The number of carbonyl (C=O) groups is 1. The molecule has 3 aromatic rings. The maximum Gasteiger partial charge on any atom is 0.261 e. The summed E-state index contributed by atoms with van der Waals surface area (Å²) in [4.78, 5) is 12.5. The molecule has 0 aliphatic rings. The third-order valence-electron chi connectivity index (χ3n) is 3.91. The van der Waals surface area contributed by atoms with Gasteiger partial charge in [0.15, 0.2) is 5.11 Å². The first-order chi connectivity index (χ1) is 14.2. The van der Waals surface area contributed by atoms with E-state index in [0.717, 1.165) is 17.9 Å². The molecule has 148 valence electrons. The van der Waals surface area contributed by atoms with E-state index in [1.807, 2.05) is 67.6 Å². The van der Waals surface area contributed by atoms with Crippen LogP contribution in [0.4, 0.5) is 5.69 Å². The summed E-state index contributed by atoms with van der Waals surface area (Å²) < 4.78 is 11.4. The van der Waals surface area contributed by atoms with Crippen molar-refractivity contribution in [2.75, 3.05) is 11.9 Å². The van der Waals surface area contributed by atoms with Crippen LogP contribution in [0.5, 0.6) is 17.2 Å². The number of rotatable bonds is 7. The Labute approximate surface area is 175 Å². The van der Waals surface area contributed by atoms with Gasteiger partial charge in [-0.05, 0) is 67.2 Å². The fourth-order valence-electron chi connectivity index (χ4n) is 2.56. The first-order valence-electron chi connectivity index (χ1n) is 9.33. The summed E-state index contributed by atoms with van der Waals surface area (Å²) in [6.45, 7) is 2.56. The van der Waals surface area contributed by atoms with E-state index >= 15 is 0 Å². The molecule has 29 heavy (non-hydrogen) atoms. The summed E-state index contributed by atoms with van der Waals surface area (Å²) in [5.41, 5.74) is 1.18. The van der Waals surface area contributed by atoms with Crippen LogP contribution in [0.3, 0.4) is 0 Å². The van der Waals surface area contributed by atoms with Gasteiger partial charge in [-0.2, -0.15) is 0 Å². The van der Waals surface area contributed by atoms with Gasteiger partial charge in [0.25, 0.3) is 5.91 Å². The molecule has 2 N–H and O–H groups in total. The normalized spacial score (nSPS) is 10.1. The second-order valence-corrected chi connectivity index (χ2v) is 6.60. The Morgan fingerprint density at radius 1 is 0.897 bits per heavy atom. The Hall–Kier alpha value is -3.38. The number of thiocarbonyl (C=S) groups is 1. The van der Waals surface area contributed by atoms with Crippen LogP contribution in [-0.4, -0.2) is 17.6 Å². The smallest absolute Gasteiger partial charge is 0.261 e. The second-order valence-electron chi connectivity index (χ2n) is 6.19. The van der Waals surface area contributed by atoms with Gasteiger partial charge in [0.05, 0.1) is 12.2 Å². The van der Waals surface area contributed by atoms with Crippen molar-refractivity contribution in [1.82, 2.24) is 5.32 Å². The molecule has 1 amide bonds. The summed E-state index contributed by atoms with van der Waals surface area (Å²) >= 11 is 5.27. The average molecular weight is 407 g/mol. The summed E-state index contributed by atoms with van der Waals surface area (Å²) in [5, 5.41) is 5.89. The van der Waals surface area contributed by atoms with Crippen molar-refractivity contribution in [1.29, 1.82) is 0 Å². The average Bonchev–Trinajstić information content (AvgIpc) is 2.74. The number of carbonyl (C=O) groups excluding carboxylic acids is 1. The number of amides is 1. The van der Waals surface area contributed by atoms with Crippen LogP contribution in [0.2, 0.25) is 0 Å². The van der Waals surface area contributed by atoms with Gasteiger partial charge < -0.3 is 14.8 Å². The van der Waals surface area contributed by atoms with Crippen molar-refractivity contribution in [3.63, 3.8) is 0 Å². The molecule has 0 saturated heterocycles. The lowest BCUT2D eigenvalue weighted by Crippen LogP contribution is -2.34. The Morgan fingerprint density at radius 3 is 2.28 bits per heavy atom. The van der Waals surface area contributed by atoms with E-state index in [1.165, 1.54) is 0 Å². The molecule has 0 saturated carbocycles. The van der Waals surface area contributed by atoms with Crippen molar-refractivity contribution in [3.05, 3.63) is 84.4 Å². The molecular weight excluding hydrogens is 384 g/mol. The molecule has 0 spiro atoms. The standard InChI is InChI=1S/C23H22N2O3S/c1-2-16-27-21-11-7-6-10-20(21)22(26)25-23(29)24-17-12-14-19(15-13-17)28-18-8-4-3-5-9-18/h3-15H,2,16H2,1H3,(H2,24,25,26,29). The van der Waals surface area contributed by atoms with Gasteiger partial charge >= 0.3 is 0 Å². The van der Waals surface area contributed by atoms with Gasteiger partial charge in [0, 0.05) is 5.69 Å². The lowest BCUT2D eigenvalue weighted by molar-refractivity contribution is 0.0973. The third-order valence-corrected chi connectivity index (χ3v) is 4.12. The SMILES string of the molecule is CCCOc1ccccc1C(=O)NC(=S)Nc1ccc(Oc2ccccc2)cc1. The van der Waals surface area contributed by atoms with Crippen LogP contribution in [0, 0.1) is 0 Å². The topological polar surface area (TPSA) is 59.6 Å². The molecule has 0 bridgehead atoms. The Kier molecular flexibility index (Phi) is 7.19. The zero-order valence-electron chi connectivity index (χ0n) is 16.1. The molecule has 0 radical (unpaired) electrons. The van der Waals surface area contributed by atoms with E-state index in [2.05, 4.69) is 10.6 Å². The highest BCUT2D eigenvalue weighted by molar-refractivity contribution is 7.80. The second kappa shape index (κ2) is 10.2. The number of hydrogen-bond donors (Lipinski definition) is 2. The van der Waals surface area contributed by atoms with Gasteiger partial charge in [0.2, 0.25) is 0 Å². The van der Waals surface area contributed by atoms with Crippen LogP contribution in [0.25, 0.3) is 0 Å². The van der Waals surface area contributed by atoms with Crippen LogP contribution < -0.4 is 20.1 Å². The van der Waals surface area contributed by atoms with Crippen LogP contribution in [-0.2, 0) is 0 Å². The first kappa shape index (κ1) is 20.4. The van der Waals surface area contributed by atoms with Crippen molar-refractivity contribution in [3.8, 4) is 17.2 Å². The van der Waals surface area contributed by atoms with Crippen molar-refractivity contribution < 1.29 is 14.3 Å². The van der Waals surface area contributed by atoms with Gasteiger partial charge in [0.1, 0.15) is 17.2 Å². The largest absolute Gasteiger partial charge is 0.493 e. The van der Waals surface area contributed by atoms with E-state index in [9.17, 15) is 4.79 Å². The highest BCUT2D eigenvalue weighted by Gasteiger charge is 2.13. The van der Waals surface area contributed by atoms with E-state index in [-0.39, 0.29) is 11.0 Å². The predicted molar refractivity (Wildman–Crippen MR) is 119 cm³/mol. The number of benzene rings is 3. The van der Waals surface area contributed by atoms with Crippen LogP contribution >= 0.6 is 12.2 Å². The summed E-state index contributed by atoms with van der Waals surface area (Å²) in [5.74, 6) is 1.69. The molecule has 0 unspecified atom stereocenters. The lowest BCUT2D eigenvalue weighted by Gasteiger charge is -2.13. The third kappa shape index (κ3) is 6.05. The number of ether oxygens (including phenoxy) is 2. The number of nitrogens with one attached hydrogen (secondary N) is 2. The fourth-order valence-corrected chi connectivity index (χ4v) is 2.77. The molecular formula is C23H22N2O3S. The van der Waals surface area contributed by atoms with Crippen LogP contribution in [0.15, 0.2) is 78.9 Å². The fraction of sp³-hybridized carbons (Fsp3) is 0.130. The number of hydrogen-bond acceptors (Lipinski definition) is 4. The molecule has 0 aliphatic carbocycles. The Bertz CT molecular complexity index is 959. The highest BCUT2D eigenvalue weighted by atomic mass is 32.1. The zero-order valence-corrected chi connectivity index (χ0v) is 16.9. The summed E-state index contributed by atoms with van der Waals surface area (Å²) in [6, 6.07) is 23.9. The molecule has 0 fully saturated rings. The Morgan fingerprint density at radius 2 is 1.55 bits per heavy atom. The predicted octanol–water partition coefficient (Wildman–Crippen LogP) is 5.39. The monoisotopic (exact) mass is 406 g/mol. The summed E-state index contributed by atoms with van der Waals surface area (Å²) in [7, 11) is 0. The maximum absolute atomic E-state index is 12.5. The summed E-state index contributed by atoms with van der Waals surface area (Å²) in [6.07, 6.45) is 0.861. The Balaban J connectivity index is 1.57. The molecule has 6 heteroatoms. The van der Waals surface area contributed by atoms with E-state index < -0.39 is 0 Å². The molecule has 0 aliphatic heterocycles. The zero-order chi connectivity index (χ0) is 20.5. The van der Waals surface area contributed by atoms with Gasteiger partial charge in [-0.3, -0.25) is 10.1 Å².